The largest absolute Gasteiger partial charge is 0.390 e. The molecule has 5 heteroatoms. The Bertz CT molecular complexity index is 478. The van der Waals surface area contributed by atoms with Gasteiger partial charge < -0.3 is 10.4 Å². The Balaban J connectivity index is 2.02. The van der Waals surface area contributed by atoms with Gasteiger partial charge in [0.05, 0.1) is 18.5 Å². The Kier molecular flexibility index (Phi) is 4.44. The van der Waals surface area contributed by atoms with Gasteiger partial charge >= 0.3 is 0 Å². The van der Waals surface area contributed by atoms with E-state index in [4.69, 9.17) is 5.11 Å². The number of nitrogens with one attached hydrogen (secondary N) is 1. The Hall–Kier alpha value is -1.72. The van der Waals surface area contributed by atoms with Crippen LogP contribution in [-0.4, -0.2) is 26.6 Å². The van der Waals surface area contributed by atoms with E-state index in [0.717, 1.165) is 25.2 Å². The number of nitrogens with zero attached hydrogens (tertiary/aromatic N) is 3. The lowest BCUT2D eigenvalue weighted by atomic mass is 10.2. The van der Waals surface area contributed by atoms with E-state index in [-0.39, 0.29) is 6.61 Å². The van der Waals surface area contributed by atoms with Gasteiger partial charge in [0.25, 0.3) is 0 Å². The van der Waals surface area contributed by atoms with Crippen molar-refractivity contribution < 1.29 is 5.11 Å². The number of aliphatic hydroxyl groups excluding tert-OH is 1. The van der Waals surface area contributed by atoms with Crippen LogP contribution < -0.4 is 5.32 Å². The summed E-state index contributed by atoms with van der Waals surface area (Å²) < 4.78 is 1.66. The van der Waals surface area contributed by atoms with E-state index in [2.05, 4.69) is 34.7 Å². The van der Waals surface area contributed by atoms with E-state index in [1.807, 2.05) is 12.1 Å². The highest BCUT2D eigenvalue weighted by atomic mass is 16.3. The van der Waals surface area contributed by atoms with Crippen LogP contribution in [0.4, 0.5) is 0 Å². The zero-order valence-electron chi connectivity index (χ0n) is 10.5. The van der Waals surface area contributed by atoms with Gasteiger partial charge in [-0.1, -0.05) is 24.3 Å². The maximum Gasteiger partial charge on any atom is 0.109 e. The number of benzene rings is 1. The third-order valence-electron chi connectivity index (χ3n) is 2.66. The van der Waals surface area contributed by atoms with E-state index < -0.39 is 0 Å². The lowest BCUT2D eigenvalue weighted by Crippen LogP contribution is -2.13. The number of rotatable bonds is 6. The first-order chi connectivity index (χ1) is 8.83. The summed E-state index contributed by atoms with van der Waals surface area (Å²) in [6.45, 7) is 3.98. The van der Waals surface area contributed by atoms with Crippen LogP contribution in [0, 0.1) is 0 Å². The minimum Gasteiger partial charge on any atom is -0.390 e. The monoisotopic (exact) mass is 246 g/mol. The molecule has 18 heavy (non-hydrogen) atoms. The van der Waals surface area contributed by atoms with E-state index in [1.165, 1.54) is 5.56 Å². The zero-order chi connectivity index (χ0) is 12.8. The third kappa shape index (κ3) is 3.15. The van der Waals surface area contributed by atoms with E-state index in [9.17, 15) is 0 Å². The summed E-state index contributed by atoms with van der Waals surface area (Å²) in [6, 6.07) is 8.13. The molecule has 96 valence electrons. The van der Waals surface area contributed by atoms with Gasteiger partial charge in [0.2, 0.25) is 0 Å². The minimum atomic E-state index is -0.0843. The van der Waals surface area contributed by atoms with Gasteiger partial charge in [0, 0.05) is 6.54 Å². The molecule has 0 saturated carbocycles. The van der Waals surface area contributed by atoms with Crippen LogP contribution in [0.2, 0.25) is 0 Å². The van der Waals surface area contributed by atoms with Crippen molar-refractivity contribution >= 4 is 0 Å². The Morgan fingerprint density at radius 2 is 2.06 bits per heavy atom. The highest BCUT2D eigenvalue weighted by Gasteiger charge is 2.01. The first-order valence-corrected chi connectivity index (χ1v) is 6.15. The van der Waals surface area contributed by atoms with Gasteiger partial charge in [0.1, 0.15) is 5.69 Å². The summed E-state index contributed by atoms with van der Waals surface area (Å²) in [5.41, 5.74) is 2.76. The molecule has 1 aromatic carbocycles. The molecule has 5 nitrogen and oxygen atoms in total. The molecule has 1 heterocycles. The number of aliphatic hydroxyl groups is 1. The Morgan fingerprint density at radius 3 is 2.67 bits per heavy atom. The lowest BCUT2D eigenvalue weighted by Gasteiger charge is -2.05. The van der Waals surface area contributed by atoms with Crippen LogP contribution in [-0.2, 0) is 13.2 Å². The maximum absolute atomic E-state index is 8.94. The van der Waals surface area contributed by atoms with Gasteiger partial charge in [-0.15, -0.1) is 5.10 Å². The fourth-order valence-corrected chi connectivity index (χ4v) is 1.67. The van der Waals surface area contributed by atoms with Gasteiger partial charge in [-0.05, 0) is 30.7 Å². The first kappa shape index (κ1) is 12.7. The van der Waals surface area contributed by atoms with Crippen LogP contribution >= 0.6 is 0 Å². The number of aromatic nitrogens is 3. The van der Waals surface area contributed by atoms with Crippen LogP contribution in [0.5, 0.6) is 0 Å². The number of hydrogen-bond acceptors (Lipinski definition) is 4. The van der Waals surface area contributed by atoms with Gasteiger partial charge in [-0.3, -0.25) is 0 Å². The molecule has 0 aliphatic rings. The second-order valence-electron chi connectivity index (χ2n) is 4.16. The molecule has 0 atom stereocenters. The quantitative estimate of drug-likeness (QED) is 0.753. The lowest BCUT2D eigenvalue weighted by molar-refractivity contribution is 0.276. The van der Waals surface area contributed by atoms with Crippen LogP contribution in [0.15, 0.2) is 30.5 Å². The smallest absolute Gasteiger partial charge is 0.109 e. The molecule has 0 aliphatic heterocycles. The van der Waals surface area contributed by atoms with Gasteiger partial charge in [0.15, 0.2) is 0 Å². The molecule has 0 fully saturated rings. The van der Waals surface area contributed by atoms with Gasteiger partial charge in [-0.2, -0.15) is 0 Å². The van der Waals surface area contributed by atoms with E-state index in [0.29, 0.717) is 5.69 Å². The normalized spacial score (nSPS) is 10.8. The molecule has 0 radical (unpaired) electrons. The molecule has 2 rings (SSSR count). The first-order valence-electron chi connectivity index (χ1n) is 6.15. The predicted molar refractivity (Wildman–Crippen MR) is 69.3 cm³/mol. The highest BCUT2D eigenvalue weighted by Crippen LogP contribution is 2.09. The molecule has 0 saturated heterocycles. The molecular weight excluding hydrogens is 228 g/mol. The molecule has 2 N–H and O–H groups in total. The van der Waals surface area contributed by atoms with Crippen molar-refractivity contribution in [3.05, 3.63) is 41.7 Å². The summed E-state index contributed by atoms with van der Waals surface area (Å²) >= 11 is 0. The Morgan fingerprint density at radius 1 is 1.28 bits per heavy atom. The second kappa shape index (κ2) is 6.28. The molecule has 1 aromatic heterocycles. The molecule has 0 bridgehead atoms. The molecule has 0 spiro atoms. The molecule has 2 aromatic rings. The summed E-state index contributed by atoms with van der Waals surface area (Å²) in [4.78, 5) is 0. The molecule has 0 aliphatic carbocycles. The van der Waals surface area contributed by atoms with Gasteiger partial charge in [-0.25, -0.2) is 4.68 Å². The minimum absolute atomic E-state index is 0.0843. The standard InChI is InChI=1S/C13H18N4O/c1-2-7-14-8-11-3-5-13(6-4-11)17-9-12(10-18)15-16-17/h3-6,9,14,18H,2,7-8,10H2,1H3. The van der Waals surface area contributed by atoms with Crippen molar-refractivity contribution in [3.8, 4) is 5.69 Å². The van der Waals surface area contributed by atoms with Crippen LogP contribution in [0.3, 0.4) is 0 Å². The topological polar surface area (TPSA) is 63.0 Å². The zero-order valence-corrected chi connectivity index (χ0v) is 10.5. The predicted octanol–water partition coefficient (Wildman–Crippen LogP) is 1.26. The third-order valence-corrected chi connectivity index (χ3v) is 2.66. The van der Waals surface area contributed by atoms with Crippen molar-refractivity contribution in [1.29, 1.82) is 0 Å². The highest BCUT2D eigenvalue weighted by molar-refractivity contribution is 5.33. The van der Waals surface area contributed by atoms with Crippen molar-refractivity contribution in [2.45, 2.75) is 26.5 Å². The fourth-order valence-electron chi connectivity index (χ4n) is 1.67. The molecule has 0 amide bonds. The summed E-state index contributed by atoms with van der Waals surface area (Å²) in [7, 11) is 0. The number of hydrogen-bond donors (Lipinski definition) is 2. The second-order valence-corrected chi connectivity index (χ2v) is 4.16. The summed E-state index contributed by atoms with van der Waals surface area (Å²) in [5.74, 6) is 0. The van der Waals surface area contributed by atoms with Crippen LogP contribution in [0.1, 0.15) is 24.6 Å². The SMILES string of the molecule is CCCNCc1ccc(-n2cc(CO)nn2)cc1. The van der Waals surface area contributed by atoms with Crippen molar-refractivity contribution in [2.75, 3.05) is 6.54 Å². The summed E-state index contributed by atoms with van der Waals surface area (Å²) in [5, 5.41) is 20.1. The molecule has 0 unspecified atom stereocenters. The maximum atomic E-state index is 8.94. The molecular formula is C13H18N4O. The van der Waals surface area contributed by atoms with E-state index >= 15 is 0 Å². The average molecular weight is 246 g/mol. The van der Waals surface area contributed by atoms with E-state index in [1.54, 1.807) is 10.9 Å². The van der Waals surface area contributed by atoms with Crippen molar-refractivity contribution in [2.24, 2.45) is 0 Å². The summed E-state index contributed by atoms with van der Waals surface area (Å²) in [6.07, 6.45) is 2.87. The van der Waals surface area contributed by atoms with Crippen molar-refractivity contribution in [3.63, 3.8) is 0 Å². The van der Waals surface area contributed by atoms with Crippen LogP contribution in [0.25, 0.3) is 5.69 Å². The average Bonchev–Trinajstić information content (AvgIpc) is 2.89. The van der Waals surface area contributed by atoms with Crippen molar-refractivity contribution in [1.82, 2.24) is 20.3 Å². The fraction of sp³-hybridized carbons (Fsp3) is 0.385. The Labute approximate surface area is 106 Å².